The summed E-state index contributed by atoms with van der Waals surface area (Å²) in [4.78, 5) is 48.7. The standard InChI is InChI=1S/C26H27F3N4O8S/c27-26(28,29)25(37)41-24(36)21(32-42(38,39)20-7-3-1-4-8-20)16-31-23(35)17-13-18-15-19(40-12-6-2-5-10-30)9-11-33(18)22(34)14-17/h1,3-4,7-9,11,13-15,21,32H,2,5-6,10,12,16,30H2,(H,31,35)/t21-/m0/s1. The van der Waals surface area contributed by atoms with E-state index in [1.807, 2.05) is 4.72 Å². The second-order valence-electron chi connectivity index (χ2n) is 8.84. The van der Waals surface area contributed by atoms with E-state index in [1.54, 1.807) is 6.07 Å². The molecule has 2 heterocycles. The number of nitrogens with zero attached hydrogens (tertiary/aromatic N) is 1. The van der Waals surface area contributed by atoms with E-state index in [0.29, 0.717) is 18.9 Å². The number of amides is 1. The number of esters is 2. The van der Waals surface area contributed by atoms with Crippen molar-refractivity contribution in [2.24, 2.45) is 5.73 Å². The summed E-state index contributed by atoms with van der Waals surface area (Å²) in [6.07, 6.45) is -1.63. The third-order valence-electron chi connectivity index (χ3n) is 5.68. The Morgan fingerprint density at radius 2 is 1.71 bits per heavy atom. The highest BCUT2D eigenvalue weighted by Gasteiger charge is 2.44. The van der Waals surface area contributed by atoms with Crippen molar-refractivity contribution in [1.82, 2.24) is 14.4 Å². The molecule has 226 valence electrons. The number of alkyl halides is 3. The van der Waals surface area contributed by atoms with Crippen LogP contribution in [0.4, 0.5) is 13.2 Å². The van der Waals surface area contributed by atoms with E-state index in [4.69, 9.17) is 10.5 Å². The Morgan fingerprint density at radius 1 is 1.00 bits per heavy atom. The molecule has 0 bridgehead atoms. The lowest BCUT2D eigenvalue weighted by atomic mass is 10.2. The number of rotatable bonds is 13. The van der Waals surface area contributed by atoms with Gasteiger partial charge in [0.2, 0.25) is 10.0 Å². The van der Waals surface area contributed by atoms with Gasteiger partial charge in [0.05, 0.1) is 17.0 Å². The molecule has 0 saturated heterocycles. The van der Waals surface area contributed by atoms with Crippen LogP contribution in [0.1, 0.15) is 29.6 Å². The predicted octanol–water partition coefficient (Wildman–Crippen LogP) is 1.52. The monoisotopic (exact) mass is 612 g/mol. The van der Waals surface area contributed by atoms with Crippen molar-refractivity contribution in [2.45, 2.75) is 36.4 Å². The topological polar surface area (TPSA) is 175 Å². The molecule has 1 aromatic carbocycles. The molecule has 42 heavy (non-hydrogen) atoms. The molecule has 12 nitrogen and oxygen atoms in total. The van der Waals surface area contributed by atoms with Gasteiger partial charge in [-0.1, -0.05) is 18.2 Å². The lowest BCUT2D eigenvalue weighted by molar-refractivity contribution is -0.202. The van der Waals surface area contributed by atoms with Crippen molar-refractivity contribution in [3.63, 3.8) is 0 Å². The number of aromatic nitrogens is 1. The van der Waals surface area contributed by atoms with Gasteiger partial charge in [0.1, 0.15) is 11.8 Å². The van der Waals surface area contributed by atoms with Crippen molar-refractivity contribution >= 4 is 33.4 Å². The number of halogens is 3. The van der Waals surface area contributed by atoms with Crippen LogP contribution in [0.25, 0.3) is 5.52 Å². The van der Waals surface area contributed by atoms with E-state index in [-0.39, 0.29) is 16.0 Å². The lowest BCUT2D eigenvalue weighted by Crippen LogP contribution is -2.50. The zero-order valence-electron chi connectivity index (χ0n) is 21.9. The van der Waals surface area contributed by atoms with Crippen molar-refractivity contribution in [3.05, 3.63) is 76.7 Å². The van der Waals surface area contributed by atoms with Crippen LogP contribution in [-0.2, 0) is 24.3 Å². The van der Waals surface area contributed by atoms with Crippen LogP contribution in [0.3, 0.4) is 0 Å². The number of sulfonamides is 1. The van der Waals surface area contributed by atoms with E-state index in [2.05, 4.69) is 10.1 Å². The van der Waals surface area contributed by atoms with E-state index >= 15 is 0 Å². The van der Waals surface area contributed by atoms with Gasteiger partial charge in [0.15, 0.2) is 0 Å². The summed E-state index contributed by atoms with van der Waals surface area (Å²) in [7, 11) is -4.51. The van der Waals surface area contributed by atoms with Gasteiger partial charge in [-0.3, -0.25) is 14.0 Å². The summed E-state index contributed by atoms with van der Waals surface area (Å²) in [5.74, 6) is -5.33. The molecule has 1 amide bonds. The number of pyridine rings is 2. The van der Waals surface area contributed by atoms with Crippen molar-refractivity contribution < 1.29 is 45.4 Å². The average molecular weight is 613 g/mol. The molecule has 0 aliphatic carbocycles. The Balaban J connectivity index is 1.79. The fraction of sp³-hybridized carbons (Fsp3) is 0.308. The van der Waals surface area contributed by atoms with Gasteiger partial charge < -0.3 is 20.5 Å². The number of hydrogen-bond donors (Lipinski definition) is 3. The summed E-state index contributed by atoms with van der Waals surface area (Å²) in [6.45, 7) is 0.0320. The maximum absolute atomic E-state index is 12.9. The van der Waals surface area contributed by atoms with Crippen LogP contribution in [0.2, 0.25) is 0 Å². The summed E-state index contributed by atoms with van der Waals surface area (Å²) >= 11 is 0. The van der Waals surface area contributed by atoms with Gasteiger partial charge in [-0.2, -0.15) is 17.9 Å². The molecule has 2 aromatic heterocycles. The molecule has 0 radical (unpaired) electrons. The Kier molecular flexibility index (Phi) is 10.8. The van der Waals surface area contributed by atoms with Gasteiger partial charge in [0, 0.05) is 30.4 Å². The molecule has 0 aliphatic heterocycles. The quantitative estimate of drug-likeness (QED) is 0.147. The number of ether oxygens (including phenoxy) is 2. The minimum absolute atomic E-state index is 0.204. The normalized spacial score (nSPS) is 12.5. The highest BCUT2D eigenvalue weighted by Crippen LogP contribution is 2.18. The number of fused-ring (bicyclic) bond motifs is 1. The summed E-state index contributed by atoms with van der Waals surface area (Å²) in [5, 5.41) is 2.18. The van der Waals surface area contributed by atoms with Crippen LogP contribution in [-0.4, -0.2) is 62.6 Å². The number of carbonyl (C=O) groups is 3. The van der Waals surface area contributed by atoms with Crippen LogP contribution >= 0.6 is 0 Å². The summed E-state index contributed by atoms with van der Waals surface area (Å²) < 4.78 is 75.8. The molecule has 3 aromatic rings. The summed E-state index contributed by atoms with van der Waals surface area (Å²) in [6, 6.07) is 9.70. The highest BCUT2D eigenvalue weighted by molar-refractivity contribution is 7.89. The molecule has 0 spiro atoms. The first kappa shape index (κ1) is 32.2. The molecule has 0 fully saturated rings. The molecule has 4 N–H and O–H groups in total. The van der Waals surface area contributed by atoms with Crippen LogP contribution in [0.5, 0.6) is 5.75 Å². The van der Waals surface area contributed by atoms with Crippen LogP contribution in [0.15, 0.2) is 70.5 Å². The maximum atomic E-state index is 12.9. The number of hydrogen-bond acceptors (Lipinski definition) is 9. The Bertz CT molecular complexity index is 1590. The SMILES string of the molecule is NCCCCCOc1ccn2c(=O)cc(C(=O)NC[C@H](NS(=O)(=O)c3ccccc3)C(=O)OC(=O)C(F)(F)F)cc2c1. The molecule has 0 saturated carbocycles. The van der Waals surface area contributed by atoms with Crippen molar-refractivity contribution in [1.29, 1.82) is 0 Å². The minimum atomic E-state index is -5.54. The zero-order chi connectivity index (χ0) is 30.9. The summed E-state index contributed by atoms with van der Waals surface area (Å²) in [5.41, 5.74) is 4.92. The second-order valence-corrected chi connectivity index (χ2v) is 10.6. The molecular weight excluding hydrogens is 585 g/mol. The fourth-order valence-electron chi connectivity index (χ4n) is 3.59. The molecule has 1 atom stereocenters. The number of benzene rings is 1. The fourth-order valence-corrected chi connectivity index (χ4v) is 4.80. The lowest BCUT2D eigenvalue weighted by Gasteiger charge is -2.18. The Morgan fingerprint density at radius 3 is 2.38 bits per heavy atom. The Labute approximate surface area is 237 Å². The molecule has 0 aliphatic rings. The molecule has 3 rings (SSSR count). The first-order chi connectivity index (χ1) is 19.8. The molecular formula is C26H27F3N4O8S. The van der Waals surface area contributed by atoms with E-state index in [0.717, 1.165) is 37.5 Å². The number of nitrogens with one attached hydrogen (secondary N) is 2. The number of carbonyl (C=O) groups excluding carboxylic acids is 3. The van der Waals surface area contributed by atoms with Gasteiger partial charge in [-0.15, -0.1) is 0 Å². The largest absolute Gasteiger partial charge is 0.493 e. The van der Waals surface area contributed by atoms with Crippen molar-refractivity contribution in [2.75, 3.05) is 19.7 Å². The third kappa shape index (κ3) is 8.86. The second kappa shape index (κ2) is 14.1. The van der Waals surface area contributed by atoms with Gasteiger partial charge >= 0.3 is 18.1 Å². The maximum Gasteiger partial charge on any atom is 0.491 e. The number of unbranched alkanes of at least 4 members (excludes halogenated alkanes) is 2. The van der Waals surface area contributed by atoms with E-state index < -0.39 is 52.2 Å². The van der Waals surface area contributed by atoms with Crippen molar-refractivity contribution in [3.8, 4) is 5.75 Å². The zero-order valence-corrected chi connectivity index (χ0v) is 22.7. The Hall–Kier alpha value is -4.28. The average Bonchev–Trinajstić information content (AvgIpc) is 2.94. The van der Waals surface area contributed by atoms with Crippen LogP contribution in [0, 0.1) is 0 Å². The van der Waals surface area contributed by atoms with E-state index in [9.17, 15) is 40.8 Å². The van der Waals surface area contributed by atoms with Gasteiger partial charge in [0.25, 0.3) is 11.5 Å². The highest BCUT2D eigenvalue weighted by atomic mass is 32.2. The molecule has 16 heteroatoms. The molecule has 0 unspecified atom stereocenters. The smallest absolute Gasteiger partial charge is 0.491 e. The van der Waals surface area contributed by atoms with Crippen LogP contribution < -0.4 is 26.1 Å². The number of nitrogens with two attached hydrogens (primary N) is 1. The third-order valence-corrected chi connectivity index (χ3v) is 7.17. The first-order valence-electron chi connectivity index (χ1n) is 12.5. The van der Waals surface area contributed by atoms with Gasteiger partial charge in [-0.25, -0.2) is 18.0 Å². The predicted molar refractivity (Wildman–Crippen MR) is 142 cm³/mol. The van der Waals surface area contributed by atoms with Gasteiger partial charge in [-0.05, 0) is 50.1 Å². The minimum Gasteiger partial charge on any atom is -0.493 e. The first-order valence-corrected chi connectivity index (χ1v) is 14.0. The van der Waals surface area contributed by atoms with E-state index in [1.165, 1.54) is 40.9 Å².